The van der Waals surface area contributed by atoms with Crippen molar-refractivity contribution in [3.05, 3.63) is 23.9 Å². The van der Waals surface area contributed by atoms with Crippen LogP contribution in [0, 0.1) is 0 Å². The molecule has 7 nitrogen and oxygen atoms in total. The van der Waals surface area contributed by atoms with Gasteiger partial charge in [0.2, 0.25) is 5.91 Å². The molecule has 0 radical (unpaired) electrons. The molecule has 1 aromatic heterocycles. The molecule has 3 N–H and O–H groups in total. The van der Waals surface area contributed by atoms with E-state index in [0.29, 0.717) is 13.1 Å². The number of aromatic nitrogens is 1. The number of rotatable bonds is 6. The van der Waals surface area contributed by atoms with Crippen molar-refractivity contribution in [3.63, 3.8) is 0 Å². The molecular formula is C16H25N5O2. The van der Waals surface area contributed by atoms with Crippen molar-refractivity contribution in [3.8, 4) is 0 Å². The van der Waals surface area contributed by atoms with Gasteiger partial charge in [-0.15, -0.1) is 0 Å². The fraction of sp³-hybridized carbons (Fsp3) is 0.562. The van der Waals surface area contributed by atoms with Gasteiger partial charge in [-0.1, -0.05) is 0 Å². The van der Waals surface area contributed by atoms with Crippen molar-refractivity contribution < 1.29 is 9.59 Å². The number of anilines is 1. The van der Waals surface area contributed by atoms with Crippen LogP contribution in [-0.4, -0.2) is 43.1 Å². The van der Waals surface area contributed by atoms with Crippen LogP contribution in [0.3, 0.4) is 0 Å². The van der Waals surface area contributed by atoms with Gasteiger partial charge in [0, 0.05) is 32.4 Å². The Morgan fingerprint density at radius 1 is 1.17 bits per heavy atom. The second-order valence-electron chi connectivity index (χ2n) is 5.56. The molecule has 0 atom stereocenters. The summed E-state index contributed by atoms with van der Waals surface area (Å²) in [5.74, 6) is 0.769. The number of carbonyl (C=O) groups is 2. The van der Waals surface area contributed by atoms with Crippen LogP contribution in [-0.2, 0) is 11.3 Å². The van der Waals surface area contributed by atoms with Gasteiger partial charge in [-0.3, -0.25) is 4.79 Å². The molecule has 7 heteroatoms. The van der Waals surface area contributed by atoms with Crippen LogP contribution in [0.25, 0.3) is 0 Å². The number of carbonyl (C=O) groups excluding carboxylic acids is 2. The summed E-state index contributed by atoms with van der Waals surface area (Å²) in [6, 6.07) is 3.54. The molecule has 0 bridgehead atoms. The highest BCUT2D eigenvalue weighted by Gasteiger charge is 2.12. The molecule has 126 valence electrons. The Kier molecular flexibility index (Phi) is 6.65. The van der Waals surface area contributed by atoms with Gasteiger partial charge in [-0.2, -0.15) is 0 Å². The topological polar surface area (TPSA) is 86.4 Å². The number of hydrogen-bond donors (Lipinski definition) is 3. The lowest BCUT2D eigenvalue weighted by molar-refractivity contribution is -0.119. The maximum Gasteiger partial charge on any atom is 0.315 e. The fourth-order valence-corrected chi connectivity index (χ4v) is 2.53. The molecule has 0 aliphatic carbocycles. The highest BCUT2D eigenvalue weighted by molar-refractivity contribution is 5.83. The van der Waals surface area contributed by atoms with Gasteiger partial charge in [-0.05, 0) is 43.9 Å². The van der Waals surface area contributed by atoms with Crippen molar-refractivity contribution in [2.24, 2.45) is 0 Å². The van der Waals surface area contributed by atoms with E-state index in [9.17, 15) is 9.59 Å². The molecule has 0 saturated carbocycles. The zero-order valence-electron chi connectivity index (χ0n) is 13.6. The first kappa shape index (κ1) is 17.1. The van der Waals surface area contributed by atoms with E-state index in [1.807, 2.05) is 19.1 Å². The highest BCUT2D eigenvalue weighted by Crippen LogP contribution is 2.18. The number of nitrogens with zero attached hydrogens (tertiary/aromatic N) is 2. The molecule has 1 saturated heterocycles. The monoisotopic (exact) mass is 319 g/mol. The molecule has 1 aromatic rings. The summed E-state index contributed by atoms with van der Waals surface area (Å²) in [7, 11) is 0. The van der Waals surface area contributed by atoms with Crippen molar-refractivity contribution >= 4 is 17.8 Å². The van der Waals surface area contributed by atoms with Crippen LogP contribution in [0.15, 0.2) is 18.3 Å². The van der Waals surface area contributed by atoms with Crippen molar-refractivity contribution in [2.45, 2.75) is 32.7 Å². The van der Waals surface area contributed by atoms with Crippen LogP contribution in [0.1, 0.15) is 31.7 Å². The van der Waals surface area contributed by atoms with Crippen LogP contribution < -0.4 is 20.9 Å². The third-order valence-electron chi connectivity index (χ3n) is 3.73. The number of urea groups is 1. The third kappa shape index (κ3) is 5.77. The van der Waals surface area contributed by atoms with Gasteiger partial charge in [0.05, 0.1) is 6.54 Å². The Balaban J connectivity index is 1.78. The van der Waals surface area contributed by atoms with Crippen molar-refractivity contribution in [2.75, 3.05) is 31.1 Å². The second kappa shape index (κ2) is 8.97. The zero-order chi connectivity index (χ0) is 16.5. The maximum atomic E-state index is 11.7. The van der Waals surface area contributed by atoms with E-state index >= 15 is 0 Å². The fourth-order valence-electron chi connectivity index (χ4n) is 2.53. The van der Waals surface area contributed by atoms with E-state index in [1.54, 1.807) is 6.20 Å². The van der Waals surface area contributed by atoms with Crippen LogP contribution in [0.4, 0.5) is 10.6 Å². The van der Waals surface area contributed by atoms with Gasteiger partial charge in [-0.25, -0.2) is 9.78 Å². The summed E-state index contributed by atoms with van der Waals surface area (Å²) >= 11 is 0. The van der Waals surface area contributed by atoms with Crippen LogP contribution in [0.2, 0.25) is 0 Å². The Labute approximate surface area is 136 Å². The predicted molar refractivity (Wildman–Crippen MR) is 89.2 cm³/mol. The van der Waals surface area contributed by atoms with Gasteiger partial charge < -0.3 is 20.9 Å². The molecular weight excluding hydrogens is 294 g/mol. The highest BCUT2D eigenvalue weighted by atomic mass is 16.2. The first-order chi connectivity index (χ1) is 11.2. The SMILES string of the molecule is CCNC(=O)CNC(=O)NCc1ccnc(N2CCCCC2)c1. The molecule has 0 unspecified atom stereocenters. The zero-order valence-corrected chi connectivity index (χ0v) is 13.6. The normalized spacial score (nSPS) is 14.2. The Hall–Kier alpha value is -2.31. The summed E-state index contributed by atoms with van der Waals surface area (Å²) < 4.78 is 0. The summed E-state index contributed by atoms with van der Waals surface area (Å²) in [6.07, 6.45) is 5.45. The Morgan fingerprint density at radius 2 is 1.96 bits per heavy atom. The number of likely N-dealkylation sites (N-methyl/N-ethyl adjacent to an activating group) is 1. The molecule has 1 aliphatic rings. The lowest BCUT2D eigenvalue weighted by Gasteiger charge is -2.27. The van der Waals surface area contributed by atoms with Gasteiger partial charge >= 0.3 is 6.03 Å². The Bertz CT molecular complexity index is 529. The van der Waals surface area contributed by atoms with Crippen LogP contribution >= 0.6 is 0 Å². The summed E-state index contributed by atoms with van der Waals surface area (Å²) in [5, 5.41) is 7.90. The predicted octanol–water partition coefficient (Wildman–Crippen LogP) is 1.01. The van der Waals surface area contributed by atoms with Crippen LogP contribution in [0.5, 0.6) is 0 Å². The summed E-state index contributed by atoms with van der Waals surface area (Å²) in [5.41, 5.74) is 0.994. The van der Waals surface area contributed by atoms with Gasteiger partial charge in [0.15, 0.2) is 0 Å². The number of hydrogen-bond acceptors (Lipinski definition) is 4. The van der Waals surface area contributed by atoms with Crippen molar-refractivity contribution in [1.82, 2.24) is 20.9 Å². The lowest BCUT2D eigenvalue weighted by atomic mass is 10.1. The van der Waals surface area contributed by atoms with E-state index in [-0.39, 0.29) is 18.5 Å². The van der Waals surface area contributed by atoms with E-state index in [0.717, 1.165) is 24.5 Å². The second-order valence-corrected chi connectivity index (χ2v) is 5.56. The van der Waals surface area contributed by atoms with E-state index < -0.39 is 0 Å². The average molecular weight is 319 g/mol. The first-order valence-corrected chi connectivity index (χ1v) is 8.17. The number of pyridine rings is 1. The minimum absolute atomic E-state index is 0.0188. The minimum Gasteiger partial charge on any atom is -0.357 e. The average Bonchev–Trinajstić information content (AvgIpc) is 2.59. The van der Waals surface area contributed by atoms with E-state index in [4.69, 9.17) is 0 Å². The van der Waals surface area contributed by atoms with E-state index in [2.05, 4.69) is 25.8 Å². The quantitative estimate of drug-likeness (QED) is 0.730. The molecule has 3 amide bonds. The number of nitrogens with one attached hydrogen (secondary N) is 3. The molecule has 1 fully saturated rings. The molecule has 0 aromatic carbocycles. The largest absolute Gasteiger partial charge is 0.357 e. The smallest absolute Gasteiger partial charge is 0.315 e. The van der Waals surface area contributed by atoms with E-state index in [1.165, 1.54) is 19.3 Å². The molecule has 0 spiro atoms. The lowest BCUT2D eigenvalue weighted by Crippen LogP contribution is -2.41. The van der Waals surface area contributed by atoms with Gasteiger partial charge in [0.1, 0.15) is 5.82 Å². The van der Waals surface area contributed by atoms with Crippen molar-refractivity contribution in [1.29, 1.82) is 0 Å². The molecule has 1 aliphatic heterocycles. The first-order valence-electron chi connectivity index (χ1n) is 8.17. The standard InChI is InChI=1S/C16H25N5O2/c1-2-17-15(22)12-20-16(23)19-11-13-6-7-18-14(10-13)21-8-4-3-5-9-21/h6-7,10H,2-5,8-9,11-12H2,1H3,(H,17,22)(H2,19,20,23). The molecule has 23 heavy (non-hydrogen) atoms. The maximum absolute atomic E-state index is 11.7. The van der Waals surface area contributed by atoms with Gasteiger partial charge in [0.25, 0.3) is 0 Å². The molecule has 2 rings (SSSR count). The summed E-state index contributed by atoms with van der Waals surface area (Å²) in [6.45, 7) is 4.85. The molecule has 2 heterocycles. The number of piperidine rings is 1. The third-order valence-corrected chi connectivity index (χ3v) is 3.73. The Morgan fingerprint density at radius 3 is 2.70 bits per heavy atom. The summed E-state index contributed by atoms with van der Waals surface area (Å²) in [4.78, 5) is 29.7. The number of amides is 3. The minimum atomic E-state index is -0.354.